The van der Waals surface area contributed by atoms with Crippen LogP contribution in [0.1, 0.15) is 36.1 Å². The molecule has 0 bridgehead atoms. The number of sulfone groups is 1. The van der Waals surface area contributed by atoms with Crippen LogP contribution in [0.5, 0.6) is 0 Å². The molecule has 1 amide bonds. The Bertz CT molecular complexity index is 979. The molecule has 0 fully saturated rings. The van der Waals surface area contributed by atoms with Gasteiger partial charge in [-0.05, 0) is 19.9 Å². The molecule has 2 N–H and O–H groups in total. The number of hydrogen-bond donors (Lipinski definition) is 2. The predicted molar refractivity (Wildman–Crippen MR) is 101 cm³/mol. The Balaban J connectivity index is 2.02. The second-order valence-electron chi connectivity index (χ2n) is 6.22. The van der Waals surface area contributed by atoms with Crippen LogP contribution < -0.4 is 10.6 Å². The number of anilines is 1. The number of amides is 1. The van der Waals surface area contributed by atoms with Crippen LogP contribution in [0.3, 0.4) is 0 Å². The van der Waals surface area contributed by atoms with E-state index in [4.69, 9.17) is 0 Å². The molecule has 2 aromatic rings. The number of hydrogen-bond acceptors (Lipinski definition) is 6. The van der Waals surface area contributed by atoms with Crippen molar-refractivity contribution in [1.29, 1.82) is 0 Å². The molecule has 0 aliphatic heterocycles. The number of nitrogens with zero attached hydrogens (tertiary/aromatic N) is 2. The van der Waals surface area contributed by atoms with Gasteiger partial charge in [-0.25, -0.2) is 27.2 Å². The SMILES string of the molecule is CC(Nc1cnc(C(=O)N[C@H](C)/C=C/S(C)(=O)=O)nc1)c1cccc(F)c1F. The maximum absolute atomic E-state index is 13.8. The van der Waals surface area contributed by atoms with E-state index in [0.717, 1.165) is 17.7 Å². The first-order valence-corrected chi connectivity index (χ1v) is 10.2. The zero-order chi connectivity index (χ0) is 20.9. The van der Waals surface area contributed by atoms with Gasteiger partial charge in [0.15, 0.2) is 21.5 Å². The highest BCUT2D eigenvalue weighted by Gasteiger charge is 2.15. The molecule has 1 heterocycles. The summed E-state index contributed by atoms with van der Waals surface area (Å²) in [4.78, 5) is 19.9. The van der Waals surface area contributed by atoms with Gasteiger partial charge in [0.2, 0.25) is 5.82 Å². The first kappa shape index (κ1) is 21.4. The summed E-state index contributed by atoms with van der Waals surface area (Å²) in [5, 5.41) is 6.47. The lowest BCUT2D eigenvalue weighted by atomic mass is 10.1. The summed E-state index contributed by atoms with van der Waals surface area (Å²) in [6.45, 7) is 3.25. The summed E-state index contributed by atoms with van der Waals surface area (Å²) in [5.41, 5.74) is 0.561. The molecular formula is C18H20F2N4O3S. The molecule has 10 heteroatoms. The van der Waals surface area contributed by atoms with Gasteiger partial charge < -0.3 is 10.6 Å². The topological polar surface area (TPSA) is 101 Å². The van der Waals surface area contributed by atoms with Crippen molar-refractivity contribution in [2.24, 2.45) is 0 Å². The Kier molecular flexibility index (Phi) is 6.79. The molecule has 0 radical (unpaired) electrons. The highest BCUT2D eigenvalue weighted by atomic mass is 32.2. The van der Waals surface area contributed by atoms with Gasteiger partial charge in [0.1, 0.15) is 0 Å². The largest absolute Gasteiger partial charge is 0.376 e. The van der Waals surface area contributed by atoms with Crippen LogP contribution in [0, 0.1) is 11.6 Å². The second kappa shape index (κ2) is 8.87. The molecule has 1 aromatic heterocycles. The minimum Gasteiger partial charge on any atom is -0.376 e. The summed E-state index contributed by atoms with van der Waals surface area (Å²) in [5.74, 6) is -2.57. The molecule has 28 heavy (non-hydrogen) atoms. The van der Waals surface area contributed by atoms with Crippen LogP contribution in [0.2, 0.25) is 0 Å². The smallest absolute Gasteiger partial charge is 0.289 e. The minimum absolute atomic E-state index is 0.116. The first-order chi connectivity index (χ1) is 13.1. The molecule has 2 atom stereocenters. The maximum Gasteiger partial charge on any atom is 0.289 e. The van der Waals surface area contributed by atoms with Crippen molar-refractivity contribution < 1.29 is 22.0 Å². The normalized spacial score (nSPS) is 13.9. The zero-order valence-corrected chi connectivity index (χ0v) is 16.3. The molecule has 0 saturated carbocycles. The van der Waals surface area contributed by atoms with Crippen molar-refractivity contribution in [2.75, 3.05) is 11.6 Å². The van der Waals surface area contributed by atoms with Crippen molar-refractivity contribution in [2.45, 2.75) is 25.9 Å². The average molecular weight is 410 g/mol. The lowest BCUT2D eigenvalue weighted by Gasteiger charge is -2.16. The Labute approximate surface area is 161 Å². The number of carbonyl (C=O) groups excluding carboxylic acids is 1. The molecular weight excluding hydrogens is 390 g/mol. The fourth-order valence-electron chi connectivity index (χ4n) is 2.28. The molecule has 0 spiro atoms. The molecule has 7 nitrogen and oxygen atoms in total. The van der Waals surface area contributed by atoms with Gasteiger partial charge >= 0.3 is 0 Å². The highest BCUT2D eigenvalue weighted by Crippen LogP contribution is 2.22. The summed E-state index contributed by atoms with van der Waals surface area (Å²) in [6, 6.07) is 2.81. The van der Waals surface area contributed by atoms with Gasteiger partial charge in [-0.15, -0.1) is 0 Å². The van der Waals surface area contributed by atoms with Crippen molar-refractivity contribution >= 4 is 21.4 Å². The van der Waals surface area contributed by atoms with E-state index in [2.05, 4.69) is 20.6 Å². The van der Waals surface area contributed by atoms with Gasteiger partial charge in [-0.1, -0.05) is 18.2 Å². The quantitative estimate of drug-likeness (QED) is 0.728. The van der Waals surface area contributed by atoms with E-state index in [1.54, 1.807) is 13.8 Å². The predicted octanol–water partition coefficient (Wildman–Crippen LogP) is 2.60. The minimum atomic E-state index is -3.29. The van der Waals surface area contributed by atoms with Crippen LogP contribution in [0.25, 0.3) is 0 Å². The third-order valence-corrected chi connectivity index (χ3v) is 4.31. The summed E-state index contributed by atoms with van der Waals surface area (Å²) in [7, 11) is -3.29. The van der Waals surface area contributed by atoms with Crippen LogP contribution in [0.4, 0.5) is 14.5 Å². The second-order valence-corrected chi connectivity index (χ2v) is 8.16. The van der Waals surface area contributed by atoms with Gasteiger partial charge in [-0.3, -0.25) is 4.79 Å². The molecule has 0 aliphatic carbocycles. The van der Waals surface area contributed by atoms with E-state index in [1.807, 2.05) is 0 Å². The molecule has 1 unspecified atom stereocenters. The number of rotatable bonds is 7. The summed E-state index contributed by atoms with van der Waals surface area (Å²) in [6.07, 6.45) is 5.06. The van der Waals surface area contributed by atoms with Crippen molar-refractivity contribution in [3.05, 3.63) is 65.1 Å². The van der Waals surface area contributed by atoms with Gasteiger partial charge in [0.25, 0.3) is 5.91 Å². The number of halogens is 2. The lowest BCUT2D eigenvalue weighted by Crippen LogP contribution is -2.32. The van der Waals surface area contributed by atoms with Crippen molar-refractivity contribution in [3.8, 4) is 0 Å². The van der Waals surface area contributed by atoms with Crippen molar-refractivity contribution in [1.82, 2.24) is 15.3 Å². The van der Waals surface area contributed by atoms with Gasteiger partial charge in [0, 0.05) is 23.3 Å². The molecule has 2 rings (SSSR count). The number of aromatic nitrogens is 2. The fraction of sp³-hybridized carbons (Fsp3) is 0.278. The third kappa shape index (κ3) is 6.08. The Morgan fingerprint density at radius 1 is 1.18 bits per heavy atom. The van der Waals surface area contributed by atoms with Crippen LogP contribution in [0.15, 0.2) is 42.1 Å². The van der Waals surface area contributed by atoms with Gasteiger partial charge in [-0.2, -0.15) is 0 Å². The van der Waals surface area contributed by atoms with E-state index in [1.165, 1.54) is 30.6 Å². The zero-order valence-electron chi connectivity index (χ0n) is 15.5. The molecule has 0 aliphatic rings. The fourth-order valence-corrected chi connectivity index (χ4v) is 2.80. The number of nitrogens with one attached hydrogen (secondary N) is 2. The number of benzene rings is 1. The van der Waals surface area contributed by atoms with E-state index >= 15 is 0 Å². The van der Waals surface area contributed by atoms with Crippen LogP contribution in [-0.4, -0.2) is 36.6 Å². The average Bonchev–Trinajstić information content (AvgIpc) is 2.62. The Morgan fingerprint density at radius 3 is 2.43 bits per heavy atom. The highest BCUT2D eigenvalue weighted by molar-refractivity contribution is 7.93. The summed E-state index contributed by atoms with van der Waals surface area (Å²) < 4.78 is 49.3. The number of carbonyl (C=O) groups is 1. The first-order valence-electron chi connectivity index (χ1n) is 8.28. The van der Waals surface area contributed by atoms with E-state index in [0.29, 0.717) is 5.69 Å². The maximum atomic E-state index is 13.8. The molecule has 150 valence electrons. The lowest BCUT2D eigenvalue weighted by molar-refractivity contribution is 0.0936. The van der Waals surface area contributed by atoms with Crippen molar-refractivity contribution in [3.63, 3.8) is 0 Å². The third-order valence-electron chi connectivity index (χ3n) is 3.66. The Hall–Kier alpha value is -2.88. The molecule has 0 saturated heterocycles. The van der Waals surface area contributed by atoms with E-state index in [9.17, 15) is 22.0 Å². The van der Waals surface area contributed by atoms with Crippen LogP contribution in [-0.2, 0) is 9.84 Å². The van der Waals surface area contributed by atoms with Gasteiger partial charge in [0.05, 0.1) is 24.1 Å². The Morgan fingerprint density at radius 2 is 1.82 bits per heavy atom. The summed E-state index contributed by atoms with van der Waals surface area (Å²) >= 11 is 0. The van der Waals surface area contributed by atoms with E-state index < -0.39 is 39.5 Å². The molecule has 1 aromatic carbocycles. The van der Waals surface area contributed by atoms with E-state index in [-0.39, 0.29) is 11.4 Å². The van der Waals surface area contributed by atoms with Crippen LogP contribution >= 0.6 is 0 Å². The standard InChI is InChI=1S/C18H20F2N4O3S/c1-11(7-8-28(3,26)27)23-18(25)17-21-9-13(10-22-17)24-12(2)14-5-4-6-15(19)16(14)20/h4-12,24H,1-3H3,(H,23,25)/b8-7+/t11-,12?/m1/s1. The monoisotopic (exact) mass is 410 g/mol.